The second-order valence-electron chi connectivity index (χ2n) is 6.93. The van der Waals surface area contributed by atoms with Crippen LogP contribution in [0.4, 0.5) is 14.5 Å². The summed E-state index contributed by atoms with van der Waals surface area (Å²) in [5, 5.41) is 0. The zero-order valence-electron chi connectivity index (χ0n) is 16.0. The molecule has 0 unspecified atom stereocenters. The van der Waals surface area contributed by atoms with Crippen molar-refractivity contribution in [3.05, 3.63) is 53.6 Å². The van der Waals surface area contributed by atoms with E-state index in [0.717, 1.165) is 11.6 Å². The van der Waals surface area contributed by atoms with Crippen molar-refractivity contribution in [2.24, 2.45) is 0 Å². The van der Waals surface area contributed by atoms with Gasteiger partial charge in [0.2, 0.25) is 19.9 Å². The molecule has 0 N–H and O–H groups in total. The normalized spacial score (nSPS) is 16.4. The summed E-state index contributed by atoms with van der Waals surface area (Å²) in [5.41, 5.74) is 1.64. The first-order chi connectivity index (χ1) is 13.5. The number of para-hydroxylation sites is 1. The van der Waals surface area contributed by atoms with E-state index in [0.29, 0.717) is 5.56 Å². The Kier molecular flexibility index (Phi) is 5.98. The first-order valence-corrected chi connectivity index (χ1v) is 12.0. The highest BCUT2D eigenvalue weighted by Crippen LogP contribution is 2.31. The Morgan fingerprint density at radius 1 is 0.862 bits per heavy atom. The van der Waals surface area contributed by atoms with E-state index in [2.05, 4.69) is 0 Å². The second-order valence-corrected chi connectivity index (χ2v) is 10.7. The Morgan fingerprint density at radius 3 is 2.10 bits per heavy atom. The predicted molar refractivity (Wildman–Crippen MR) is 107 cm³/mol. The summed E-state index contributed by atoms with van der Waals surface area (Å²) in [6, 6.07) is 10.8. The monoisotopic (exact) mass is 444 g/mol. The standard InChI is InChI=1S/C19H22F2N2O4S2/c1-14-7-8-15(2)18(13-14)29(26,27)23-11-9-22(10-12-23)16-5-3-4-6-17(16)28(24,25)19(20)21/h3-8,13,19H,9-12H2,1-2H3. The molecule has 2 aromatic carbocycles. The molecule has 1 aliphatic rings. The van der Waals surface area contributed by atoms with Crippen molar-refractivity contribution in [1.29, 1.82) is 0 Å². The zero-order valence-corrected chi connectivity index (χ0v) is 17.7. The fourth-order valence-electron chi connectivity index (χ4n) is 3.35. The van der Waals surface area contributed by atoms with Crippen LogP contribution in [-0.2, 0) is 19.9 Å². The molecule has 158 valence electrons. The molecule has 10 heteroatoms. The summed E-state index contributed by atoms with van der Waals surface area (Å²) < 4.78 is 77.4. The Balaban J connectivity index is 1.85. The molecule has 0 bridgehead atoms. The third kappa shape index (κ3) is 4.15. The van der Waals surface area contributed by atoms with Crippen LogP contribution in [0.15, 0.2) is 52.3 Å². The van der Waals surface area contributed by atoms with E-state index in [1.165, 1.54) is 16.4 Å². The van der Waals surface area contributed by atoms with Gasteiger partial charge >= 0.3 is 5.76 Å². The van der Waals surface area contributed by atoms with Gasteiger partial charge in [0.15, 0.2) is 0 Å². The van der Waals surface area contributed by atoms with Crippen LogP contribution in [0.1, 0.15) is 11.1 Å². The number of halogens is 2. The van der Waals surface area contributed by atoms with Crippen LogP contribution in [0.5, 0.6) is 0 Å². The van der Waals surface area contributed by atoms with Gasteiger partial charge in [-0.3, -0.25) is 0 Å². The van der Waals surface area contributed by atoms with Crippen LogP contribution in [0, 0.1) is 13.8 Å². The largest absolute Gasteiger partial charge is 0.368 e. The third-order valence-corrected chi connectivity index (χ3v) is 8.42. The van der Waals surface area contributed by atoms with Crippen LogP contribution in [-0.4, -0.2) is 53.1 Å². The highest BCUT2D eigenvalue weighted by Gasteiger charge is 2.34. The predicted octanol–water partition coefficient (Wildman–Crippen LogP) is 2.81. The first kappa shape index (κ1) is 21.7. The molecule has 0 amide bonds. The Labute approximate surface area is 169 Å². The molecule has 0 aliphatic carbocycles. The first-order valence-electron chi connectivity index (χ1n) is 8.98. The number of sulfone groups is 1. The number of nitrogens with zero attached hydrogens (tertiary/aromatic N) is 2. The summed E-state index contributed by atoms with van der Waals surface area (Å²) in [6.07, 6.45) is 0. The number of hydrogen-bond acceptors (Lipinski definition) is 5. The minimum atomic E-state index is -4.76. The fraction of sp³-hybridized carbons (Fsp3) is 0.368. The lowest BCUT2D eigenvalue weighted by Gasteiger charge is -2.36. The molecule has 3 rings (SSSR count). The molecule has 0 aromatic heterocycles. The van der Waals surface area contributed by atoms with E-state index in [-0.39, 0.29) is 36.8 Å². The number of benzene rings is 2. The smallest absolute Gasteiger partial charge is 0.341 e. The quantitative estimate of drug-likeness (QED) is 0.709. The van der Waals surface area contributed by atoms with Crippen molar-refractivity contribution < 1.29 is 25.6 Å². The van der Waals surface area contributed by atoms with Crippen molar-refractivity contribution in [2.45, 2.75) is 29.4 Å². The van der Waals surface area contributed by atoms with E-state index in [1.807, 2.05) is 13.0 Å². The van der Waals surface area contributed by atoms with Gasteiger partial charge in [0, 0.05) is 26.2 Å². The number of rotatable bonds is 5. The van der Waals surface area contributed by atoms with Gasteiger partial charge in [-0.1, -0.05) is 24.3 Å². The molecule has 1 aliphatic heterocycles. The highest BCUT2D eigenvalue weighted by atomic mass is 32.2. The zero-order chi connectivity index (χ0) is 21.4. The van der Waals surface area contributed by atoms with Crippen LogP contribution < -0.4 is 4.90 Å². The minimum absolute atomic E-state index is 0.124. The topological polar surface area (TPSA) is 74.8 Å². The van der Waals surface area contributed by atoms with Crippen LogP contribution in [0.25, 0.3) is 0 Å². The second kappa shape index (κ2) is 8.00. The molecule has 1 fully saturated rings. The van der Waals surface area contributed by atoms with E-state index in [1.54, 1.807) is 30.0 Å². The molecular formula is C19H22F2N2O4S2. The van der Waals surface area contributed by atoms with Gasteiger partial charge in [0.25, 0.3) is 0 Å². The summed E-state index contributed by atoms with van der Waals surface area (Å²) in [5.74, 6) is -3.52. The molecule has 1 heterocycles. The summed E-state index contributed by atoms with van der Waals surface area (Å²) in [4.78, 5) is 1.43. The number of piperazine rings is 1. The van der Waals surface area contributed by atoms with Crippen LogP contribution >= 0.6 is 0 Å². The van der Waals surface area contributed by atoms with Gasteiger partial charge in [-0.15, -0.1) is 0 Å². The van der Waals surface area contributed by atoms with Crippen molar-refractivity contribution in [2.75, 3.05) is 31.1 Å². The fourth-order valence-corrected chi connectivity index (χ4v) is 6.03. The van der Waals surface area contributed by atoms with Gasteiger partial charge in [-0.25, -0.2) is 16.8 Å². The van der Waals surface area contributed by atoms with Gasteiger partial charge in [-0.2, -0.15) is 13.1 Å². The maximum atomic E-state index is 13.0. The Morgan fingerprint density at radius 2 is 1.48 bits per heavy atom. The molecule has 0 radical (unpaired) electrons. The third-order valence-electron chi connectivity index (χ3n) is 4.95. The van der Waals surface area contributed by atoms with E-state index in [4.69, 9.17) is 0 Å². The van der Waals surface area contributed by atoms with Gasteiger partial charge in [0.1, 0.15) is 0 Å². The van der Waals surface area contributed by atoms with E-state index < -0.39 is 30.5 Å². The van der Waals surface area contributed by atoms with Crippen molar-refractivity contribution in [3.63, 3.8) is 0 Å². The molecule has 6 nitrogen and oxygen atoms in total. The number of hydrogen-bond donors (Lipinski definition) is 0. The summed E-state index contributed by atoms with van der Waals surface area (Å²) in [7, 11) is -8.46. The van der Waals surface area contributed by atoms with Gasteiger partial charge < -0.3 is 4.90 Å². The lowest BCUT2D eigenvalue weighted by atomic mass is 10.2. The van der Waals surface area contributed by atoms with Crippen molar-refractivity contribution in [3.8, 4) is 0 Å². The van der Waals surface area contributed by atoms with Crippen molar-refractivity contribution in [1.82, 2.24) is 4.31 Å². The number of aryl methyl sites for hydroxylation is 2. The summed E-state index contributed by atoms with van der Waals surface area (Å²) in [6.45, 7) is 4.18. The molecule has 0 saturated carbocycles. The Hall–Kier alpha value is -2.04. The molecule has 29 heavy (non-hydrogen) atoms. The van der Waals surface area contributed by atoms with Crippen LogP contribution in [0.3, 0.4) is 0 Å². The van der Waals surface area contributed by atoms with Gasteiger partial charge in [-0.05, 0) is 43.2 Å². The van der Waals surface area contributed by atoms with Crippen LogP contribution in [0.2, 0.25) is 0 Å². The number of alkyl halides is 2. The number of anilines is 1. The van der Waals surface area contributed by atoms with Crippen molar-refractivity contribution >= 4 is 25.5 Å². The Bertz CT molecular complexity index is 1110. The minimum Gasteiger partial charge on any atom is -0.368 e. The van der Waals surface area contributed by atoms with E-state index >= 15 is 0 Å². The molecular weight excluding hydrogens is 422 g/mol. The highest BCUT2D eigenvalue weighted by molar-refractivity contribution is 7.91. The van der Waals surface area contributed by atoms with Gasteiger partial charge in [0.05, 0.1) is 15.5 Å². The average Bonchev–Trinajstić information content (AvgIpc) is 2.69. The maximum absolute atomic E-state index is 13.0. The SMILES string of the molecule is Cc1ccc(C)c(S(=O)(=O)N2CCN(c3ccccc3S(=O)(=O)C(F)F)CC2)c1. The lowest BCUT2D eigenvalue weighted by Crippen LogP contribution is -2.49. The molecule has 0 atom stereocenters. The molecule has 0 spiro atoms. The number of sulfonamides is 1. The van der Waals surface area contributed by atoms with E-state index in [9.17, 15) is 25.6 Å². The maximum Gasteiger partial charge on any atom is 0.341 e. The average molecular weight is 445 g/mol. The molecule has 1 saturated heterocycles. The summed E-state index contributed by atoms with van der Waals surface area (Å²) >= 11 is 0. The molecule has 2 aromatic rings. The lowest BCUT2D eigenvalue weighted by molar-refractivity contribution is 0.234.